The second kappa shape index (κ2) is 4.59. The summed E-state index contributed by atoms with van der Waals surface area (Å²) < 4.78 is 39.0. The quantitative estimate of drug-likeness (QED) is 0.851. The fraction of sp³-hybridized carbons (Fsp3) is 0.0769. The summed E-state index contributed by atoms with van der Waals surface area (Å²) in [5, 5.41) is 9.86. The van der Waals surface area contributed by atoms with Crippen molar-refractivity contribution in [2.75, 3.05) is 0 Å². The van der Waals surface area contributed by atoms with Crippen LogP contribution in [-0.4, -0.2) is 5.11 Å². The SMILES string of the molecule is OC(c1cccc(F)c1)c1ccc(F)cc1F. The van der Waals surface area contributed by atoms with Gasteiger partial charge in [0.1, 0.15) is 23.6 Å². The molecule has 0 bridgehead atoms. The Bertz CT molecular complexity index is 540. The Kier molecular flexibility index (Phi) is 3.15. The van der Waals surface area contributed by atoms with Crippen LogP contribution in [0, 0.1) is 17.5 Å². The third-order valence-corrected chi connectivity index (χ3v) is 2.42. The van der Waals surface area contributed by atoms with Crippen LogP contribution in [0.2, 0.25) is 0 Å². The average molecular weight is 238 g/mol. The zero-order valence-electron chi connectivity index (χ0n) is 8.70. The number of halogens is 3. The van der Waals surface area contributed by atoms with E-state index in [9.17, 15) is 18.3 Å². The summed E-state index contributed by atoms with van der Waals surface area (Å²) in [6.07, 6.45) is -1.31. The van der Waals surface area contributed by atoms with Crippen LogP contribution in [0.1, 0.15) is 17.2 Å². The molecular formula is C13H9F3O. The minimum atomic E-state index is -1.31. The molecule has 2 rings (SSSR count). The fourth-order valence-electron chi connectivity index (χ4n) is 1.58. The molecule has 17 heavy (non-hydrogen) atoms. The van der Waals surface area contributed by atoms with E-state index in [-0.39, 0.29) is 11.1 Å². The van der Waals surface area contributed by atoms with Gasteiger partial charge in [-0.05, 0) is 23.8 Å². The molecular weight excluding hydrogens is 229 g/mol. The summed E-state index contributed by atoms with van der Waals surface area (Å²) in [4.78, 5) is 0. The lowest BCUT2D eigenvalue weighted by atomic mass is 10.0. The second-order valence-corrected chi connectivity index (χ2v) is 3.62. The Hall–Kier alpha value is -1.81. The highest BCUT2D eigenvalue weighted by Gasteiger charge is 2.15. The first-order chi connectivity index (χ1) is 8.08. The molecule has 4 heteroatoms. The van der Waals surface area contributed by atoms with E-state index in [0.717, 1.165) is 18.2 Å². The van der Waals surface area contributed by atoms with Crippen molar-refractivity contribution >= 4 is 0 Å². The van der Waals surface area contributed by atoms with Crippen molar-refractivity contribution in [1.82, 2.24) is 0 Å². The standard InChI is InChI=1S/C13H9F3O/c14-9-3-1-2-8(6-9)13(17)11-5-4-10(15)7-12(11)16/h1-7,13,17H. The molecule has 0 saturated heterocycles. The molecule has 1 unspecified atom stereocenters. The van der Waals surface area contributed by atoms with E-state index < -0.39 is 23.6 Å². The number of hydrogen-bond acceptors (Lipinski definition) is 1. The van der Waals surface area contributed by atoms with Crippen molar-refractivity contribution in [3.8, 4) is 0 Å². The first-order valence-corrected chi connectivity index (χ1v) is 4.96. The summed E-state index contributed by atoms with van der Waals surface area (Å²) in [6.45, 7) is 0. The van der Waals surface area contributed by atoms with E-state index in [1.807, 2.05) is 0 Å². The number of benzene rings is 2. The Morgan fingerprint density at radius 3 is 2.24 bits per heavy atom. The van der Waals surface area contributed by atoms with Gasteiger partial charge in [0.2, 0.25) is 0 Å². The van der Waals surface area contributed by atoms with E-state index in [0.29, 0.717) is 6.07 Å². The maximum atomic E-state index is 13.4. The molecule has 1 nitrogen and oxygen atoms in total. The van der Waals surface area contributed by atoms with Gasteiger partial charge in [-0.1, -0.05) is 18.2 Å². The molecule has 1 atom stereocenters. The fourth-order valence-corrected chi connectivity index (χ4v) is 1.58. The zero-order valence-corrected chi connectivity index (χ0v) is 8.70. The van der Waals surface area contributed by atoms with Crippen LogP contribution in [0.15, 0.2) is 42.5 Å². The van der Waals surface area contributed by atoms with E-state index in [2.05, 4.69) is 0 Å². The van der Waals surface area contributed by atoms with Crippen LogP contribution in [0.4, 0.5) is 13.2 Å². The molecule has 2 aromatic carbocycles. The van der Waals surface area contributed by atoms with Crippen LogP contribution in [-0.2, 0) is 0 Å². The number of aliphatic hydroxyl groups is 1. The van der Waals surface area contributed by atoms with Gasteiger partial charge in [0.25, 0.3) is 0 Å². The van der Waals surface area contributed by atoms with E-state index >= 15 is 0 Å². The van der Waals surface area contributed by atoms with Crippen LogP contribution >= 0.6 is 0 Å². The van der Waals surface area contributed by atoms with Gasteiger partial charge in [-0.3, -0.25) is 0 Å². The second-order valence-electron chi connectivity index (χ2n) is 3.62. The zero-order chi connectivity index (χ0) is 12.4. The van der Waals surface area contributed by atoms with Gasteiger partial charge in [-0.25, -0.2) is 13.2 Å². The van der Waals surface area contributed by atoms with Gasteiger partial charge in [0.15, 0.2) is 0 Å². The van der Waals surface area contributed by atoms with Crippen LogP contribution in [0.25, 0.3) is 0 Å². The predicted molar refractivity (Wildman–Crippen MR) is 56.8 cm³/mol. The molecule has 0 heterocycles. The Labute approximate surface area is 96.1 Å². The van der Waals surface area contributed by atoms with Crippen molar-refractivity contribution in [3.05, 3.63) is 71.0 Å². The van der Waals surface area contributed by atoms with Gasteiger partial charge in [0.05, 0.1) is 0 Å². The van der Waals surface area contributed by atoms with Crippen molar-refractivity contribution in [3.63, 3.8) is 0 Å². The summed E-state index contributed by atoms with van der Waals surface area (Å²) in [5.74, 6) is -2.11. The molecule has 0 saturated carbocycles. The maximum Gasteiger partial charge on any atom is 0.132 e. The third kappa shape index (κ3) is 2.47. The van der Waals surface area contributed by atoms with Gasteiger partial charge in [0, 0.05) is 11.6 Å². The van der Waals surface area contributed by atoms with Crippen molar-refractivity contribution < 1.29 is 18.3 Å². The van der Waals surface area contributed by atoms with Gasteiger partial charge >= 0.3 is 0 Å². The lowest BCUT2D eigenvalue weighted by Gasteiger charge is -2.12. The molecule has 2 aromatic rings. The molecule has 1 N–H and O–H groups in total. The van der Waals surface area contributed by atoms with E-state index in [1.165, 1.54) is 18.2 Å². The highest BCUT2D eigenvalue weighted by Crippen LogP contribution is 2.25. The van der Waals surface area contributed by atoms with Crippen molar-refractivity contribution in [2.24, 2.45) is 0 Å². The van der Waals surface area contributed by atoms with Crippen molar-refractivity contribution in [1.29, 1.82) is 0 Å². The molecule has 0 aliphatic rings. The smallest absolute Gasteiger partial charge is 0.132 e. The molecule has 0 aromatic heterocycles. The molecule has 0 aliphatic carbocycles. The highest BCUT2D eigenvalue weighted by atomic mass is 19.1. The van der Waals surface area contributed by atoms with Crippen molar-refractivity contribution in [2.45, 2.75) is 6.10 Å². The Morgan fingerprint density at radius 2 is 1.59 bits per heavy atom. The van der Waals surface area contributed by atoms with Crippen LogP contribution in [0.3, 0.4) is 0 Å². The van der Waals surface area contributed by atoms with Crippen LogP contribution < -0.4 is 0 Å². The largest absolute Gasteiger partial charge is 0.384 e. The molecule has 88 valence electrons. The topological polar surface area (TPSA) is 20.2 Å². The third-order valence-electron chi connectivity index (χ3n) is 2.42. The summed E-state index contributed by atoms with van der Waals surface area (Å²) >= 11 is 0. The predicted octanol–water partition coefficient (Wildman–Crippen LogP) is 3.19. The molecule has 0 aliphatic heterocycles. The van der Waals surface area contributed by atoms with Gasteiger partial charge < -0.3 is 5.11 Å². The number of hydrogen-bond donors (Lipinski definition) is 1. The summed E-state index contributed by atoms with van der Waals surface area (Å²) in [5.41, 5.74) is 0.132. The molecule has 0 amide bonds. The first kappa shape index (κ1) is 11.7. The van der Waals surface area contributed by atoms with Crippen LogP contribution in [0.5, 0.6) is 0 Å². The van der Waals surface area contributed by atoms with E-state index in [4.69, 9.17) is 0 Å². The van der Waals surface area contributed by atoms with E-state index in [1.54, 1.807) is 0 Å². The summed E-state index contributed by atoms with van der Waals surface area (Å²) in [6, 6.07) is 8.07. The highest BCUT2D eigenvalue weighted by molar-refractivity contribution is 5.31. The number of rotatable bonds is 2. The minimum Gasteiger partial charge on any atom is -0.384 e. The number of aliphatic hydroxyl groups excluding tert-OH is 1. The maximum absolute atomic E-state index is 13.4. The summed E-state index contributed by atoms with van der Waals surface area (Å²) in [7, 11) is 0. The first-order valence-electron chi connectivity index (χ1n) is 4.96. The van der Waals surface area contributed by atoms with Gasteiger partial charge in [-0.2, -0.15) is 0 Å². The molecule has 0 fully saturated rings. The molecule has 0 radical (unpaired) electrons. The minimum absolute atomic E-state index is 0.0861. The lowest BCUT2D eigenvalue weighted by molar-refractivity contribution is 0.214. The van der Waals surface area contributed by atoms with Gasteiger partial charge in [-0.15, -0.1) is 0 Å². The lowest BCUT2D eigenvalue weighted by Crippen LogP contribution is -2.03. The average Bonchev–Trinajstić information content (AvgIpc) is 2.28. The molecule has 0 spiro atoms. The normalized spacial score (nSPS) is 12.5. The Morgan fingerprint density at radius 1 is 0.882 bits per heavy atom. The monoisotopic (exact) mass is 238 g/mol. The Balaban J connectivity index is 2.40.